The van der Waals surface area contributed by atoms with Gasteiger partial charge in [-0.15, -0.1) is 6.42 Å². The molecule has 47 heteroatoms. The Bertz CT molecular complexity index is 6170. The summed E-state index contributed by atoms with van der Waals surface area (Å²) in [6.45, 7) is 9.56. The first kappa shape index (κ1) is 90.7. The first-order valence-corrected chi connectivity index (χ1v) is 41.9. The molecule has 7 atom stereocenters. The molecule has 19 rings (SSSR count). The van der Waals surface area contributed by atoms with Crippen LogP contribution in [-0.4, -0.2) is 233 Å². The van der Waals surface area contributed by atoms with Crippen molar-refractivity contribution < 1.29 is 95.8 Å². The second-order valence-corrected chi connectivity index (χ2v) is 32.7. The molecule has 0 spiro atoms. The highest BCUT2D eigenvalue weighted by Gasteiger charge is 2.48. The minimum absolute atomic E-state index is 0.0278. The smallest absolute Gasteiger partial charge is 0.414 e. The summed E-state index contributed by atoms with van der Waals surface area (Å²) in [6, 6.07) is 20.6. The van der Waals surface area contributed by atoms with Crippen LogP contribution in [0.5, 0.6) is 0 Å². The number of ether oxygens (including phenoxy) is 1. The fraction of sp³-hybridized carbons (Fsp3) is 0.400. The number of Topliss-reactive ketones (excluding diaryl/α,β-unsaturated/α-hetero) is 4. The van der Waals surface area contributed by atoms with Crippen LogP contribution < -0.4 is 65.4 Å². The van der Waals surface area contributed by atoms with Gasteiger partial charge in [0.1, 0.15) is 52.4 Å². The van der Waals surface area contributed by atoms with E-state index in [0.29, 0.717) is 146 Å². The zero-order valence-electron chi connectivity index (χ0n) is 70.4. The van der Waals surface area contributed by atoms with E-state index in [-0.39, 0.29) is 76.2 Å². The second-order valence-electron chi connectivity index (χ2n) is 32.7. The van der Waals surface area contributed by atoms with Gasteiger partial charge in [0.2, 0.25) is 5.95 Å². The van der Waals surface area contributed by atoms with Gasteiger partial charge in [-0.05, 0) is 105 Å². The number of hydrogen-bond acceptors (Lipinski definition) is 26. The highest BCUT2D eigenvalue weighted by Crippen LogP contribution is 2.46. The number of amides is 7. The van der Waals surface area contributed by atoms with Crippen molar-refractivity contribution in [3.63, 3.8) is 0 Å². The summed E-state index contributed by atoms with van der Waals surface area (Å²) >= 11 is 0. The molecule has 5 saturated heterocycles. The van der Waals surface area contributed by atoms with Gasteiger partial charge in [-0.1, -0.05) is 26.7 Å². The number of pyridine rings is 7. The average molecular weight is 1840 g/mol. The van der Waals surface area contributed by atoms with Gasteiger partial charge >= 0.3 is 48.9 Å². The lowest BCUT2D eigenvalue weighted by Gasteiger charge is -2.37. The first-order chi connectivity index (χ1) is 62.9. The lowest BCUT2D eigenvalue weighted by Crippen LogP contribution is -2.48. The lowest BCUT2D eigenvalue weighted by atomic mass is 10.0. The van der Waals surface area contributed by atoms with Gasteiger partial charge < -0.3 is 39.5 Å². The molecule has 0 aliphatic carbocycles. The number of urea groups is 3. The van der Waals surface area contributed by atoms with Gasteiger partial charge in [-0.25, -0.2) is 64.0 Å². The van der Waals surface area contributed by atoms with Gasteiger partial charge in [0.05, 0.1) is 108 Å². The number of rotatable bonds is 19. The standard InChI is InChI=1S/C23H25F3N6O3.C21H20F3N7O2.C21H18F3N5O2.C20H19F3N8O2/c1-14(23(24,25)26)10-19(33)17-2-3-18-21(29-17)32(16-5-7-30(18)12-16)13-28-20-11-15(4-6-27-20)31-8-9-35-22(31)34;1-11(21(22,23)24)9-16(32)14-4-5-15-19(26-14)31(12-6-8-30(15)10-12)20(33)27-18-13-3-2-7-25-17(13)28-29-18;1-2-13-6-9-25-18(11-13)27-20(31)29-14-7-10-28(12-14)16-4-3-15(26-19(16)29)17(30)5-8-21(22,23)24;1-10(20(21,22)23)6-15(32)12-2-3-14-17(27-12)31(11-4-5-30(14)8-11)19(33)29-18-24-7-13-16(28-18)26-9-25-13/h2-4,6,11,14,16H,5,7-10,12-13H2,1H3,(H,27,28);2-5,7,11-12H,6,8-10H2,1H3,(H2,25,27,28,29,33);1,3-4,6,9,11,14H,5,7-8,10,12H2,(H,25,27,31);2-3,7,9-11H,4-6,8H2,1H3,(H2,24,25,26,28,29,33)/t14-,16-;11-,12-;14-;10-,11-/m0000/s1. The molecular formula is C85H82F12N26O9. The summed E-state index contributed by atoms with van der Waals surface area (Å²) in [4.78, 5) is 163. The van der Waals surface area contributed by atoms with Crippen molar-refractivity contribution in [1.29, 1.82) is 0 Å². The Hall–Kier alpha value is -14.7. The minimum atomic E-state index is -4.48. The molecule has 10 aromatic rings. The van der Waals surface area contributed by atoms with Gasteiger partial charge in [0, 0.05) is 108 Å². The molecule has 10 aromatic heterocycles. The van der Waals surface area contributed by atoms with Crippen LogP contribution in [0.25, 0.3) is 22.2 Å². The maximum absolute atomic E-state index is 13.3. The summed E-state index contributed by atoms with van der Waals surface area (Å²) < 4.78 is 159. The largest absolute Gasteiger partial charge is 0.447 e. The van der Waals surface area contributed by atoms with E-state index in [1.54, 1.807) is 73.1 Å². The molecule has 9 aliphatic heterocycles. The second kappa shape index (κ2) is 36.7. The number of terminal acetylenes is 1. The number of anilines is 13. The van der Waals surface area contributed by atoms with Crippen LogP contribution in [0.1, 0.15) is 126 Å². The summed E-state index contributed by atoms with van der Waals surface area (Å²) in [5.41, 5.74) is 5.19. The molecule has 0 radical (unpaired) electrons. The molecule has 0 unspecified atom stereocenters. The van der Waals surface area contributed by atoms with E-state index in [2.05, 4.69) is 102 Å². The molecule has 0 aromatic carbocycles. The van der Waals surface area contributed by atoms with Crippen molar-refractivity contribution in [3.05, 3.63) is 144 Å². The number of cyclic esters (lactones) is 1. The third-order valence-electron chi connectivity index (χ3n) is 23.9. The number of hydrogen-bond donors (Lipinski definition) is 6. The molecular weight excluding hydrogens is 1760 g/mol. The lowest BCUT2D eigenvalue weighted by molar-refractivity contribution is -0.169. The van der Waals surface area contributed by atoms with Gasteiger partial charge in [0.15, 0.2) is 57.7 Å². The number of aromatic nitrogens is 13. The monoisotopic (exact) mass is 1840 g/mol. The Morgan fingerprint density at radius 1 is 0.515 bits per heavy atom. The Morgan fingerprint density at radius 2 is 0.992 bits per heavy atom. The van der Waals surface area contributed by atoms with Crippen LogP contribution in [0.3, 0.4) is 0 Å². The van der Waals surface area contributed by atoms with E-state index < -0.39 is 122 Å². The van der Waals surface area contributed by atoms with E-state index in [1.165, 1.54) is 62.6 Å². The number of H-pyrrole nitrogens is 2. The number of ketones is 4. The normalized spacial score (nSPS) is 18.5. The zero-order chi connectivity index (χ0) is 93.6. The van der Waals surface area contributed by atoms with E-state index in [4.69, 9.17) is 11.2 Å². The third-order valence-corrected chi connectivity index (χ3v) is 23.9. The molecule has 8 bridgehead atoms. The maximum atomic E-state index is 13.3. The Kier molecular flexibility index (Phi) is 25.2. The SMILES string of the molecule is C#Cc1ccnc(NC(=O)N2c3nc(C(=O)CCC(F)(F)F)ccc3N3CC[C@H]2C3)c1.C[C@@H](CC(=O)c1ccc2c(n1)N(C(=O)Nc1[nH]nc3ncccc13)[C@H]1CCN2C1)C(F)(F)F.C[C@@H](CC(=O)c1ccc2c(n1)N(C(=O)Nc1ncc3[nH]cnc3n1)[C@H]1CCN2C1)C(F)(F)F.C[C@@H](CC(=O)c1ccc2c(n1)N(CNc1cc(N3CCOC3=O)ccn1)[C@H]1CCN2C1)C(F)(F)F. The fourth-order valence-electron chi connectivity index (χ4n) is 16.7. The first-order valence-electron chi connectivity index (χ1n) is 41.9. The molecule has 0 saturated carbocycles. The van der Waals surface area contributed by atoms with Crippen molar-refractivity contribution in [1.82, 2.24) is 65.0 Å². The van der Waals surface area contributed by atoms with Gasteiger partial charge in [-0.3, -0.25) is 59.8 Å². The number of nitrogens with one attached hydrogen (secondary N) is 6. The van der Waals surface area contributed by atoms with E-state index in [1.807, 2.05) is 14.7 Å². The van der Waals surface area contributed by atoms with Crippen molar-refractivity contribution in [3.8, 4) is 12.3 Å². The summed E-state index contributed by atoms with van der Waals surface area (Å²) in [7, 11) is 0. The molecule has 6 N–H and O–H groups in total. The highest BCUT2D eigenvalue weighted by atomic mass is 19.4. The highest BCUT2D eigenvalue weighted by molar-refractivity contribution is 6.09. The van der Waals surface area contributed by atoms with Gasteiger partial charge in [0.25, 0.3) is 0 Å². The number of alkyl halides is 12. The van der Waals surface area contributed by atoms with Crippen LogP contribution in [0.2, 0.25) is 0 Å². The van der Waals surface area contributed by atoms with Crippen molar-refractivity contribution in [2.75, 3.05) is 138 Å². The van der Waals surface area contributed by atoms with Crippen molar-refractivity contribution >= 4 is 145 Å². The number of halogens is 12. The average Bonchev–Trinajstić information content (AvgIpc) is 1.88. The summed E-state index contributed by atoms with van der Waals surface area (Å²) in [5, 5.41) is 18.8. The minimum Gasteiger partial charge on any atom is -0.447 e. The molecule has 132 heavy (non-hydrogen) atoms. The molecule has 5 fully saturated rings. The van der Waals surface area contributed by atoms with Crippen LogP contribution in [0, 0.1) is 30.1 Å². The maximum Gasteiger partial charge on any atom is 0.414 e. The predicted molar refractivity (Wildman–Crippen MR) is 458 cm³/mol. The van der Waals surface area contributed by atoms with Crippen molar-refractivity contribution in [2.45, 2.75) is 127 Å². The number of nitrogens with zero attached hydrogens (tertiary/aromatic N) is 20. The molecule has 9 aliphatic rings. The molecule has 7 amide bonds. The topological polar surface area (TPSA) is 396 Å². The number of fused-ring (bicyclic) bond motifs is 18. The van der Waals surface area contributed by atoms with Crippen LogP contribution in [0.15, 0.2) is 116 Å². The Morgan fingerprint density at radius 3 is 1.50 bits per heavy atom. The number of aromatic amines is 2. The summed E-state index contributed by atoms with van der Waals surface area (Å²) in [5.74, 6) is -3.14. The molecule has 19 heterocycles. The number of carbonyl (C=O) groups is 8. The Balaban J connectivity index is 0.000000129. The number of carbonyl (C=O) groups excluding carboxylic acids is 8. The zero-order valence-corrected chi connectivity index (χ0v) is 70.4. The van der Waals surface area contributed by atoms with Crippen LogP contribution in [-0.2, 0) is 4.74 Å². The van der Waals surface area contributed by atoms with E-state index in [0.717, 1.165) is 46.0 Å². The third kappa shape index (κ3) is 19.6. The molecule has 690 valence electrons. The fourth-order valence-corrected chi connectivity index (χ4v) is 16.7. The summed E-state index contributed by atoms with van der Waals surface area (Å²) in [6.07, 6.45) is -6.25. The van der Waals surface area contributed by atoms with E-state index >= 15 is 0 Å². The number of imidazole rings is 1. The quantitative estimate of drug-likeness (QED) is 0.0249. The molecule has 35 nitrogen and oxygen atoms in total. The van der Waals surface area contributed by atoms with Crippen molar-refractivity contribution in [2.24, 2.45) is 17.8 Å². The van der Waals surface area contributed by atoms with Gasteiger partial charge in [-0.2, -0.15) is 62.8 Å². The Labute approximate surface area is 741 Å². The van der Waals surface area contributed by atoms with E-state index in [9.17, 15) is 91.0 Å². The van der Waals surface area contributed by atoms with Crippen LogP contribution >= 0.6 is 0 Å². The van der Waals surface area contributed by atoms with Crippen LogP contribution in [0.4, 0.5) is 147 Å². The predicted octanol–water partition coefficient (Wildman–Crippen LogP) is 14.2.